The van der Waals surface area contributed by atoms with E-state index in [9.17, 15) is 10.2 Å². The predicted molar refractivity (Wildman–Crippen MR) is 74.9 cm³/mol. The fraction of sp³-hybridized carbons (Fsp3) is 0.600. The first-order valence-electron chi connectivity index (χ1n) is 6.83. The molecule has 3 nitrogen and oxygen atoms in total. The topological polar surface area (TPSA) is 52.5 Å². The molecule has 0 radical (unpaired) electrons. The SMILES string of the molecule is CCCCCC(C)NC(C)c1c(O)cccc1O. The lowest BCUT2D eigenvalue weighted by atomic mass is 10.0. The zero-order valence-electron chi connectivity index (χ0n) is 11.6. The maximum atomic E-state index is 9.79. The second kappa shape index (κ2) is 7.27. The van der Waals surface area contributed by atoms with Crippen molar-refractivity contribution in [3.8, 4) is 11.5 Å². The minimum Gasteiger partial charge on any atom is -0.507 e. The summed E-state index contributed by atoms with van der Waals surface area (Å²) in [6.45, 7) is 6.30. The van der Waals surface area contributed by atoms with E-state index >= 15 is 0 Å². The number of rotatable bonds is 7. The molecule has 2 atom stereocenters. The monoisotopic (exact) mass is 251 g/mol. The van der Waals surface area contributed by atoms with Crippen LogP contribution < -0.4 is 5.32 Å². The summed E-state index contributed by atoms with van der Waals surface area (Å²) in [4.78, 5) is 0. The van der Waals surface area contributed by atoms with E-state index in [2.05, 4.69) is 19.2 Å². The lowest BCUT2D eigenvalue weighted by molar-refractivity contribution is 0.394. The first-order valence-corrected chi connectivity index (χ1v) is 6.83. The highest BCUT2D eigenvalue weighted by atomic mass is 16.3. The number of hydrogen-bond donors (Lipinski definition) is 3. The fourth-order valence-electron chi connectivity index (χ4n) is 2.28. The van der Waals surface area contributed by atoms with E-state index in [0.29, 0.717) is 11.6 Å². The molecule has 1 aromatic carbocycles. The summed E-state index contributed by atoms with van der Waals surface area (Å²) in [5.41, 5.74) is 0.583. The van der Waals surface area contributed by atoms with Crippen molar-refractivity contribution in [1.29, 1.82) is 0 Å². The van der Waals surface area contributed by atoms with Crippen molar-refractivity contribution in [2.75, 3.05) is 0 Å². The van der Waals surface area contributed by atoms with Crippen LogP contribution in [0.5, 0.6) is 11.5 Å². The Labute approximate surface area is 110 Å². The summed E-state index contributed by atoms with van der Waals surface area (Å²) in [5.74, 6) is 0.298. The van der Waals surface area contributed by atoms with Gasteiger partial charge in [-0.25, -0.2) is 0 Å². The molecule has 0 saturated heterocycles. The molecule has 102 valence electrons. The Morgan fingerprint density at radius 1 is 1.11 bits per heavy atom. The average molecular weight is 251 g/mol. The Morgan fingerprint density at radius 3 is 2.28 bits per heavy atom. The normalized spacial score (nSPS) is 14.4. The predicted octanol–water partition coefficient (Wildman–Crippen LogP) is 3.72. The Hall–Kier alpha value is -1.22. The van der Waals surface area contributed by atoms with E-state index < -0.39 is 0 Å². The lowest BCUT2D eigenvalue weighted by Crippen LogP contribution is -2.28. The van der Waals surface area contributed by atoms with Gasteiger partial charge in [-0.2, -0.15) is 0 Å². The minimum absolute atomic E-state index is 0.0529. The molecule has 0 heterocycles. The van der Waals surface area contributed by atoms with Crippen LogP contribution in [0.25, 0.3) is 0 Å². The lowest BCUT2D eigenvalue weighted by Gasteiger charge is -2.21. The first kappa shape index (κ1) is 14.8. The summed E-state index contributed by atoms with van der Waals surface area (Å²) in [7, 11) is 0. The molecule has 0 aromatic heterocycles. The molecule has 1 aromatic rings. The molecular weight excluding hydrogens is 226 g/mol. The third kappa shape index (κ3) is 4.22. The van der Waals surface area contributed by atoms with E-state index in [1.165, 1.54) is 19.3 Å². The molecule has 0 amide bonds. The highest BCUT2D eigenvalue weighted by Gasteiger charge is 2.16. The summed E-state index contributed by atoms with van der Waals surface area (Å²) < 4.78 is 0. The Morgan fingerprint density at radius 2 is 1.72 bits per heavy atom. The van der Waals surface area contributed by atoms with Crippen molar-refractivity contribution in [1.82, 2.24) is 5.32 Å². The minimum atomic E-state index is -0.0529. The van der Waals surface area contributed by atoms with Gasteiger partial charge >= 0.3 is 0 Å². The Balaban J connectivity index is 2.56. The molecule has 1 rings (SSSR count). The fourth-order valence-corrected chi connectivity index (χ4v) is 2.28. The van der Waals surface area contributed by atoms with Crippen molar-refractivity contribution in [3.63, 3.8) is 0 Å². The molecule has 0 saturated carbocycles. The Kier molecular flexibility index (Phi) is 5.99. The van der Waals surface area contributed by atoms with Gasteiger partial charge in [-0.1, -0.05) is 32.3 Å². The third-order valence-electron chi connectivity index (χ3n) is 3.27. The smallest absolute Gasteiger partial charge is 0.124 e. The van der Waals surface area contributed by atoms with Crippen LogP contribution in [0.15, 0.2) is 18.2 Å². The van der Waals surface area contributed by atoms with Gasteiger partial charge in [-0.05, 0) is 32.4 Å². The first-order chi connectivity index (χ1) is 8.56. The van der Waals surface area contributed by atoms with Crippen molar-refractivity contribution in [3.05, 3.63) is 23.8 Å². The number of aromatic hydroxyl groups is 2. The van der Waals surface area contributed by atoms with Gasteiger partial charge in [-0.15, -0.1) is 0 Å². The van der Waals surface area contributed by atoms with E-state index in [1.54, 1.807) is 18.2 Å². The van der Waals surface area contributed by atoms with Gasteiger partial charge in [0, 0.05) is 12.1 Å². The van der Waals surface area contributed by atoms with E-state index in [-0.39, 0.29) is 17.5 Å². The molecule has 3 heteroatoms. The molecule has 2 unspecified atom stereocenters. The van der Waals surface area contributed by atoms with Gasteiger partial charge in [-0.3, -0.25) is 0 Å². The molecule has 0 aliphatic rings. The van der Waals surface area contributed by atoms with Crippen molar-refractivity contribution in [2.45, 2.75) is 58.5 Å². The molecule has 0 aliphatic carbocycles. The molecule has 3 N–H and O–H groups in total. The number of benzene rings is 1. The third-order valence-corrected chi connectivity index (χ3v) is 3.27. The van der Waals surface area contributed by atoms with Gasteiger partial charge in [0.1, 0.15) is 11.5 Å². The number of hydrogen-bond acceptors (Lipinski definition) is 3. The molecule has 0 bridgehead atoms. The van der Waals surface area contributed by atoms with Crippen LogP contribution in [-0.4, -0.2) is 16.3 Å². The van der Waals surface area contributed by atoms with Crippen LogP contribution >= 0.6 is 0 Å². The Bertz CT molecular complexity index is 345. The van der Waals surface area contributed by atoms with Crippen molar-refractivity contribution < 1.29 is 10.2 Å². The van der Waals surface area contributed by atoms with Crippen molar-refractivity contribution >= 4 is 0 Å². The van der Waals surface area contributed by atoms with Gasteiger partial charge in [0.2, 0.25) is 0 Å². The largest absolute Gasteiger partial charge is 0.507 e. The summed E-state index contributed by atoms with van der Waals surface area (Å²) in [6.07, 6.45) is 4.81. The van der Waals surface area contributed by atoms with Gasteiger partial charge in [0.15, 0.2) is 0 Å². The maximum Gasteiger partial charge on any atom is 0.124 e. The van der Waals surface area contributed by atoms with Crippen LogP contribution in [0.4, 0.5) is 0 Å². The highest BCUT2D eigenvalue weighted by molar-refractivity contribution is 5.44. The quantitative estimate of drug-likeness (QED) is 0.647. The highest BCUT2D eigenvalue weighted by Crippen LogP contribution is 2.32. The molecule has 0 fully saturated rings. The maximum absolute atomic E-state index is 9.79. The van der Waals surface area contributed by atoms with Gasteiger partial charge in [0.25, 0.3) is 0 Å². The van der Waals surface area contributed by atoms with E-state index in [4.69, 9.17) is 0 Å². The van der Waals surface area contributed by atoms with Crippen LogP contribution in [0, 0.1) is 0 Å². The second-order valence-corrected chi connectivity index (χ2v) is 5.00. The van der Waals surface area contributed by atoms with Gasteiger partial charge < -0.3 is 15.5 Å². The van der Waals surface area contributed by atoms with Crippen LogP contribution in [-0.2, 0) is 0 Å². The summed E-state index contributed by atoms with van der Waals surface area (Å²) in [6, 6.07) is 5.18. The molecule has 18 heavy (non-hydrogen) atoms. The second-order valence-electron chi connectivity index (χ2n) is 5.00. The van der Waals surface area contributed by atoms with Crippen LogP contribution in [0.3, 0.4) is 0 Å². The molecule has 0 aliphatic heterocycles. The van der Waals surface area contributed by atoms with Gasteiger partial charge in [0.05, 0.1) is 5.56 Å². The van der Waals surface area contributed by atoms with E-state index in [1.807, 2.05) is 6.92 Å². The summed E-state index contributed by atoms with van der Waals surface area (Å²) in [5, 5.41) is 23.0. The number of phenolic OH excluding ortho intramolecular Hbond substituents is 2. The number of phenols is 2. The molecule has 0 spiro atoms. The van der Waals surface area contributed by atoms with Crippen LogP contribution in [0.1, 0.15) is 58.1 Å². The van der Waals surface area contributed by atoms with E-state index in [0.717, 1.165) is 6.42 Å². The zero-order valence-corrected chi connectivity index (χ0v) is 11.6. The van der Waals surface area contributed by atoms with Crippen LogP contribution in [0.2, 0.25) is 0 Å². The molecular formula is C15H25NO2. The number of unbranched alkanes of at least 4 members (excludes halogenated alkanes) is 2. The average Bonchev–Trinajstić information content (AvgIpc) is 2.29. The summed E-state index contributed by atoms with van der Waals surface area (Å²) >= 11 is 0. The number of nitrogens with one attached hydrogen (secondary N) is 1. The standard InChI is InChI=1S/C15H25NO2/c1-4-5-6-8-11(2)16-12(3)15-13(17)9-7-10-14(15)18/h7,9-12,16-18H,4-6,8H2,1-3H3. The van der Waals surface area contributed by atoms with Crippen molar-refractivity contribution in [2.24, 2.45) is 0 Å². The zero-order chi connectivity index (χ0) is 13.5.